The summed E-state index contributed by atoms with van der Waals surface area (Å²) in [4.78, 5) is 12.0. The first-order valence-corrected chi connectivity index (χ1v) is 8.64. The molecule has 1 aliphatic heterocycles. The Morgan fingerprint density at radius 3 is 3.05 bits per heavy atom. The van der Waals surface area contributed by atoms with Gasteiger partial charge in [-0.2, -0.15) is 11.8 Å². The molecule has 0 aromatic heterocycles. The number of halogens is 1. The number of fused-ring (bicyclic) bond motifs is 1. The Balaban J connectivity index is 0.00000161. The quantitative estimate of drug-likeness (QED) is 0.892. The molecular formula is C16H23ClN2OS. The molecule has 1 aromatic rings. The minimum Gasteiger partial charge on any atom is -0.355 e. The van der Waals surface area contributed by atoms with Crippen LogP contribution in [0.1, 0.15) is 29.9 Å². The molecule has 1 saturated heterocycles. The highest BCUT2D eigenvalue weighted by Crippen LogP contribution is 2.32. The molecule has 2 aliphatic rings. The molecule has 116 valence electrons. The summed E-state index contributed by atoms with van der Waals surface area (Å²) in [5.41, 5.74) is 2.89. The number of rotatable bonds is 4. The molecule has 2 unspecified atom stereocenters. The van der Waals surface area contributed by atoms with Gasteiger partial charge in [-0.3, -0.25) is 4.79 Å². The number of amides is 1. The van der Waals surface area contributed by atoms with E-state index in [0.717, 1.165) is 37.4 Å². The zero-order valence-corrected chi connectivity index (χ0v) is 13.8. The van der Waals surface area contributed by atoms with Gasteiger partial charge in [0.2, 0.25) is 5.91 Å². The number of benzene rings is 1. The predicted octanol–water partition coefficient (Wildman–Crippen LogP) is 2.35. The third-order valence-electron chi connectivity index (χ3n) is 4.23. The molecule has 0 bridgehead atoms. The smallest absolute Gasteiger partial charge is 0.221 e. The average molecular weight is 327 g/mol. The van der Waals surface area contributed by atoms with Crippen LogP contribution in [-0.2, 0) is 11.2 Å². The van der Waals surface area contributed by atoms with Crippen LogP contribution < -0.4 is 10.6 Å². The van der Waals surface area contributed by atoms with E-state index in [2.05, 4.69) is 34.9 Å². The molecule has 1 aromatic carbocycles. The van der Waals surface area contributed by atoms with Gasteiger partial charge >= 0.3 is 0 Å². The van der Waals surface area contributed by atoms with Crippen molar-refractivity contribution in [2.75, 3.05) is 24.6 Å². The summed E-state index contributed by atoms with van der Waals surface area (Å²) in [5, 5.41) is 6.54. The van der Waals surface area contributed by atoms with Crippen LogP contribution in [0.15, 0.2) is 24.3 Å². The lowest BCUT2D eigenvalue weighted by Crippen LogP contribution is -2.41. The van der Waals surface area contributed by atoms with Gasteiger partial charge in [0.25, 0.3) is 0 Å². The van der Waals surface area contributed by atoms with Gasteiger partial charge < -0.3 is 10.6 Å². The molecule has 0 saturated carbocycles. The zero-order chi connectivity index (χ0) is 13.8. The fourth-order valence-corrected chi connectivity index (χ4v) is 4.09. The van der Waals surface area contributed by atoms with Crippen molar-refractivity contribution < 1.29 is 4.79 Å². The van der Waals surface area contributed by atoms with E-state index in [1.165, 1.54) is 11.1 Å². The van der Waals surface area contributed by atoms with Crippen LogP contribution in [0.2, 0.25) is 0 Å². The monoisotopic (exact) mass is 326 g/mol. The second-order valence-corrected chi connectivity index (χ2v) is 6.82. The maximum Gasteiger partial charge on any atom is 0.221 e. The molecule has 1 aliphatic carbocycles. The molecular weight excluding hydrogens is 304 g/mol. The third kappa shape index (κ3) is 4.38. The molecule has 3 rings (SSSR count). The van der Waals surface area contributed by atoms with Crippen molar-refractivity contribution >= 4 is 30.1 Å². The summed E-state index contributed by atoms with van der Waals surface area (Å²) in [5.74, 6) is 2.91. The van der Waals surface area contributed by atoms with Gasteiger partial charge in [-0.25, -0.2) is 0 Å². The van der Waals surface area contributed by atoms with E-state index in [1.807, 2.05) is 11.8 Å². The van der Waals surface area contributed by atoms with Gasteiger partial charge in [0.05, 0.1) is 0 Å². The Hall–Kier alpha value is -0.710. The lowest BCUT2D eigenvalue weighted by Gasteiger charge is -2.23. The summed E-state index contributed by atoms with van der Waals surface area (Å²) < 4.78 is 0. The van der Waals surface area contributed by atoms with Gasteiger partial charge in [-0.05, 0) is 24.0 Å². The van der Waals surface area contributed by atoms with Crippen molar-refractivity contribution in [1.82, 2.24) is 10.6 Å². The lowest BCUT2D eigenvalue weighted by atomic mass is 10.0. The first-order chi connectivity index (χ1) is 9.83. The van der Waals surface area contributed by atoms with Crippen LogP contribution in [0.4, 0.5) is 0 Å². The summed E-state index contributed by atoms with van der Waals surface area (Å²) in [6, 6.07) is 8.97. The number of hydrogen-bond donors (Lipinski definition) is 2. The van der Waals surface area contributed by atoms with Crippen molar-refractivity contribution in [3.63, 3.8) is 0 Å². The van der Waals surface area contributed by atoms with Crippen molar-refractivity contribution in [1.29, 1.82) is 0 Å². The number of aryl methyl sites for hydroxylation is 1. The van der Waals surface area contributed by atoms with Gasteiger partial charge in [-0.15, -0.1) is 12.4 Å². The molecule has 1 amide bonds. The summed E-state index contributed by atoms with van der Waals surface area (Å²) in [7, 11) is 0. The molecule has 1 heterocycles. The molecule has 2 atom stereocenters. The minimum atomic E-state index is 0. The van der Waals surface area contributed by atoms with E-state index >= 15 is 0 Å². The third-order valence-corrected chi connectivity index (χ3v) is 5.36. The van der Waals surface area contributed by atoms with Crippen LogP contribution in [0.25, 0.3) is 0 Å². The Kier molecular flexibility index (Phi) is 6.40. The second-order valence-electron chi connectivity index (χ2n) is 5.67. The average Bonchev–Trinajstić information content (AvgIpc) is 2.89. The first-order valence-electron chi connectivity index (χ1n) is 7.48. The molecule has 5 heteroatoms. The molecule has 0 spiro atoms. The molecule has 2 N–H and O–H groups in total. The van der Waals surface area contributed by atoms with E-state index in [0.29, 0.717) is 18.4 Å². The highest BCUT2D eigenvalue weighted by molar-refractivity contribution is 7.99. The van der Waals surface area contributed by atoms with E-state index in [1.54, 1.807) is 0 Å². The van der Waals surface area contributed by atoms with Crippen LogP contribution >= 0.6 is 24.2 Å². The number of nitrogens with one attached hydrogen (secondary N) is 2. The normalized spacial score (nSPS) is 24.0. The van der Waals surface area contributed by atoms with E-state index in [9.17, 15) is 4.79 Å². The van der Waals surface area contributed by atoms with Crippen molar-refractivity contribution in [3.8, 4) is 0 Å². The topological polar surface area (TPSA) is 41.1 Å². The van der Waals surface area contributed by atoms with Crippen molar-refractivity contribution in [2.45, 2.75) is 31.2 Å². The van der Waals surface area contributed by atoms with Crippen LogP contribution in [0.5, 0.6) is 0 Å². The maximum atomic E-state index is 12.0. The molecule has 21 heavy (non-hydrogen) atoms. The van der Waals surface area contributed by atoms with Crippen molar-refractivity contribution in [2.24, 2.45) is 0 Å². The fourth-order valence-electron chi connectivity index (χ4n) is 3.14. The second kappa shape index (κ2) is 8.06. The Morgan fingerprint density at radius 1 is 1.38 bits per heavy atom. The maximum absolute atomic E-state index is 12.0. The Bertz CT molecular complexity index is 477. The summed E-state index contributed by atoms with van der Waals surface area (Å²) >= 11 is 1.94. The lowest BCUT2D eigenvalue weighted by molar-refractivity contribution is -0.121. The SMILES string of the molecule is Cl.O=C(CC1CSCCN1)NCC1CCc2ccccc21. The van der Waals surface area contributed by atoms with E-state index in [-0.39, 0.29) is 18.3 Å². The van der Waals surface area contributed by atoms with E-state index in [4.69, 9.17) is 0 Å². The van der Waals surface area contributed by atoms with Gasteiger partial charge in [0, 0.05) is 43.0 Å². The first kappa shape index (κ1) is 16.7. The summed E-state index contributed by atoms with van der Waals surface area (Å²) in [6.45, 7) is 1.81. The van der Waals surface area contributed by atoms with E-state index < -0.39 is 0 Å². The van der Waals surface area contributed by atoms with Crippen LogP contribution in [0.3, 0.4) is 0 Å². The number of hydrogen-bond acceptors (Lipinski definition) is 3. The van der Waals surface area contributed by atoms with Crippen LogP contribution in [0, 0.1) is 0 Å². The van der Waals surface area contributed by atoms with Crippen molar-refractivity contribution in [3.05, 3.63) is 35.4 Å². The summed E-state index contributed by atoms with van der Waals surface area (Å²) in [6.07, 6.45) is 2.93. The van der Waals surface area contributed by atoms with Gasteiger partial charge in [-0.1, -0.05) is 24.3 Å². The highest BCUT2D eigenvalue weighted by Gasteiger charge is 2.23. The zero-order valence-electron chi connectivity index (χ0n) is 12.1. The number of thioether (sulfide) groups is 1. The fraction of sp³-hybridized carbons (Fsp3) is 0.562. The molecule has 0 radical (unpaired) electrons. The number of carbonyl (C=O) groups is 1. The number of carbonyl (C=O) groups excluding carboxylic acids is 1. The molecule has 1 fully saturated rings. The Morgan fingerprint density at radius 2 is 2.24 bits per heavy atom. The van der Waals surface area contributed by atoms with Crippen LogP contribution in [-0.4, -0.2) is 36.5 Å². The Labute approximate surface area is 137 Å². The van der Waals surface area contributed by atoms with Gasteiger partial charge in [0.15, 0.2) is 0 Å². The molecule has 3 nitrogen and oxygen atoms in total. The van der Waals surface area contributed by atoms with Gasteiger partial charge in [0.1, 0.15) is 0 Å². The highest BCUT2D eigenvalue weighted by atomic mass is 35.5. The largest absolute Gasteiger partial charge is 0.355 e. The standard InChI is InChI=1S/C16H22N2OS.ClH/c19-16(9-14-11-20-8-7-17-14)18-10-13-6-5-12-3-1-2-4-15(12)13;/h1-4,13-14,17H,5-11H2,(H,18,19);1H. The minimum absolute atomic E-state index is 0. The predicted molar refractivity (Wildman–Crippen MR) is 91.5 cm³/mol.